The average molecular weight is 408 g/mol. The molecule has 3 aromatic carbocycles. The Labute approximate surface area is 178 Å². The summed E-state index contributed by atoms with van der Waals surface area (Å²) in [5.41, 5.74) is 2.66. The number of rotatable bonds is 8. The van der Waals surface area contributed by atoms with Gasteiger partial charge in [0.25, 0.3) is 0 Å². The summed E-state index contributed by atoms with van der Waals surface area (Å²) in [6.45, 7) is 7.60. The quantitative estimate of drug-likeness (QED) is 0.470. The molecule has 152 valence electrons. The number of thioether (sulfide) groups is 1. The number of hydrogen-bond donors (Lipinski definition) is 0. The van der Waals surface area contributed by atoms with Crippen molar-refractivity contribution in [1.82, 2.24) is 0 Å². The van der Waals surface area contributed by atoms with Gasteiger partial charge in [0.2, 0.25) is 0 Å². The van der Waals surface area contributed by atoms with Crippen LogP contribution < -0.4 is 9.64 Å². The van der Waals surface area contributed by atoms with Crippen LogP contribution >= 0.6 is 11.8 Å². The van der Waals surface area contributed by atoms with Crippen LogP contribution in [0.1, 0.15) is 19.4 Å². The molecule has 0 fully saturated rings. The van der Waals surface area contributed by atoms with Gasteiger partial charge >= 0.3 is 0 Å². The summed E-state index contributed by atoms with van der Waals surface area (Å²) in [6, 6.07) is 21.6. The maximum absolute atomic E-state index is 6.12. The van der Waals surface area contributed by atoms with Crippen LogP contribution in [-0.4, -0.2) is 38.2 Å². The predicted molar refractivity (Wildman–Crippen MR) is 124 cm³/mol. The monoisotopic (exact) mass is 407 g/mol. The van der Waals surface area contributed by atoms with Crippen molar-refractivity contribution in [2.24, 2.45) is 0 Å². The average Bonchev–Trinajstić information content (AvgIpc) is 2.74. The topological polar surface area (TPSA) is 21.7 Å². The van der Waals surface area contributed by atoms with Crippen LogP contribution in [0.5, 0.6) is 5.75 Å². The largest absolute Gasteiger partial charge is 0.492 e. The summed E-state index contributed by atoms with van der Waals surface area (Å²) in [7, 11) is 0. The number of para-hydroxylation sites is 1. The van der Waals surface area contributed by atoms with E-state index in [2.05, 4.69) is 72.5 Å². The van der Waals surface area contributed by atoms with E-state index in [4.69, 9.17) is 9.47 Å². The van der Waals surface area contributed by atoms with Gasteiger partial charge in [-0.05, 0) is 60.9 Å². The third kappa shape index (κ3) is 4.88. The molecule has 1 atom stereocenters. The Morgan fingerprint density at radius 2 is 1.97 bits per heavy atom. The van der Waals surface area contributed by atoms with Gasteiger partial charge in [0.15, 0.2) is 0 Å². The number of nitrogens with zero attached hydrogens (tertiary/aromatic N) is 1. The van der Waals surface area contributed by atoms with Crippen molar-refractivity contribution in [3.05, 3.63) is 66.2 Å². The van der Waals surface area contributed by atoms with Gasteiger partial charge in [-0.25, -0.2) is 0 Å². The van der Waals surface area contributed by atoms with Gasteiger partial charge < -0.3 is 14.4 Å². The number of benzene rings is 3. The van der Waals surface area contributed by atoms with Gasteiger partial charge in [0.1, 0.15) is 12.4 Å². The van der Waals surface area contributed by atoms with Crippen molar-refractivity contribution in [1.29, 1.82) is 0 Å². The second-order valence-electron chi connectivity index (χ2n) is 7.42. The molecular formula is C25H29NO2S. The summed E-state index contributed by atoms with van der Waals surface area (Å²) in [4.78, 5) is 3.80. The molecule has 0 radical (unpaired) electrons. The number of fused-ring (bicyclic) bond motifs is 2. The summed E-state index contributed by atoms with van der Waals surface area (Å²) in [5.74, 6) is 2.07. The highest BCUT2D eigenvalue weighted by Crippen LogP contribution is 2.34. The lowest BCUT2D eigenvalue weighted by atomic mass is 10.00. The molecule has 3 nitrogen and oxygen atoms in total. The molecule has 0 amide bonds. The molecule has 0 spiro atoms. The fraction of sp³-hybridized carbons (Fsp3) is 0.360. The molecule has 0 saturated heterocycles. The van der Waals surface area contributed by atoms with E-state index in [9.17, 15) is 0 Å². The molecule has 4 rings (SSSR count). The van der Waals surface area contributed by atoms with Crippen molar-refractivity contribution in [2.75, 3.05) is 37.0 Å². The molecule has 0 N–H and O–H groups in total. The molecule has 4 heteroatoms. The fourth-order valence-electron chi connectivity index (χ4n) is 3.98. The van der Waals surface area contributed by atoms with Crippen molar-refractivity contribution in [3.63, 3.8) is 0 Å². The Balaban J connectivity index is 1.41. The van der Waals surface area contributed by atoms with Crippen LogP contribution in [0, 0.1) is 0 Å². The minimum atomic E-state index is 0.229. The fourth-order valence-corrected chi connectivity index (χ4v) is 5.03. The van der Waals surface area contributed by atoms with E-state index < -0.39 is 0 Å². The van der Waals surface area contributed by atoms with Gasteiger partial charge in [-0.3, -0.25) is 0 Å². The first-order valence-electron chi connectivity index (χ1n) is 10.5. The highest BCUT2D eigenvalue weighted by molar-refractivity contribution is 7.99. The minimum absolute atomic E-state index is 0.229. The summed E-state index contributed by atoms with van der Waals surface area (Å²) >= 11 is 1.94. The lowest BCUT2D eigenvalue weighted by molar-refractivity contribution is 0.0770. The molecule has 1 aliphatic rings. The second kappa shape index (κ2) is 9.55. The molecule has 1 unspecified atom stereocenters. The minimum Gasteiger partial charge on any atom is -0.492 e. The first kappa shape index (κ1) is 20.1. The smallest absolute Gasteiger partial charge is 0.120 e. The van der Waals surface area contributed by atoms with Crippen molar-refractivity contribution in [2.45, 2.75) is 31.3 Å². The van der Waals surface area contributed by atoms with Crippen LogP contribution in [0.15, 0.2) is 65.6 Å². The van der Waals surface area contributed by atoms with Gasteiger partial charge in [0.05, 0.1) is 18.3 Å². The molecule has 0 aliphatic carbocycles. The van der Waals surface area contributed by atoms with Gasteiger partial charge in [-0.15, -0.1) is 11.8 Å². The predicted octanol–water partition coefficient (Wildman–Crippen LogP) is 5.80. The van der Waals surface area contributed by atoms with Crippen LogP contribution in [0.4, 0.5) is 5.69 Å². The second-order valence-corrected chi connectivity index (χ2v) is 8.56. The Morgan fingerprint density at radius 1 is 1.07 bits per heavy atom. The van der Waals surface area contributed by atoms with E-state index in [1.54, 1.807) is 0 Å². The van der Waals surface area contributed by atoms with Crippen molar-refractivity contribution < 1.29 is 9.47 Å². The highest BCUT2D eigenvalue weighted by atomic mass is 32.2. The first-order valence-corrected chi connectivity index (χ1v) is 11.5. The zero-order valence-electron chi connectivity index (χ0n) is 17.3. The highest BCUT2D eigenvalue weighted by Gasteiger charge is 2.16. The van der Waals surface area contributed by atoms with E-state index in [1.165, 1.54) is 26.9 Å². The Bertz CT molecular complexity index is 958. The third-order valence-electron chi connectivity index (χ3n) is 5.36. The van der Waals surface area contributed by atoms with Gasteiger partial charge in [-0.1, -0.05) is 36.4 Å². The number of anilines is 1. The van der Waals surface area contributed by atoms with Crippen LogP contribution in [0.25, 0.3) is 10.8 Å². The summed E-state index contributed by atoms with van der Waals surface area (Å²) in [5, 5.41) is 2.51. The molecule has 29 heavy (non-hydrogen) atoms. The zero-order chi connectivity index (χ0) is 20.1. The first-order chi connectivity index (χ1) is 14.2. The van der Waals surface area contributed by atoms with E-state index in [1.807, 2.05) is 18.7 Å². The molecular weight excluding hydrogens is 378 g/mol. The summed E-state index contributed by atoms with van der Waals surface area (Å²) < 4.78 is 11.8. The van der Waals surface area contributed by atoms with E-state index >= 15 is 0 Å². The SMILES string of the molecule is CCOC(C)Cc1cccc2cc(OCCN3CCSc4ccccc43)ccc12. The van der Waals surface area contributed by atoms with Crippen LogP contribution in [0.2, 0.25) is 0 Å². The van der Waals surface area contributed by atoms with Crippen LogP contribution in [-0.2, 0) is 11.2 Å². The zero-order valence-corrected chi connectivity index (χ0v) is 18.1. The van der Waals surface area contributed by atoms with Crippen LogP contribution in [0.3, 0.4) is 0 Å². The number of hydrogen-bond acceptors (Lipinski definition) is 4. The van der Waals surface area contributed by atoms with E-state index in [0.717, 1.165) is 37.6 Å². The van der Waals surface area contributed by atoms with E-state index in [-0.39, 0.29) is 6.10 Å². The van der Waals surface area contributed by atoms with E-state index in [0.29, 0.717) is 6.61 Å². The molecule has 0 saturated carbocycles. The molecule has 0 bridgehead atoms. The Morgan fingerprint density at radius 3 is 2.86 bits per heavy atom. The molecule has 3 aromatic rings. The third-order valence-corrected chi connectivity index (χ3v) is 6.40. The standard InChI is InChI=1S/C25H29NO2S/c1-3-27-19(2)17-20-7-6-8-21-18-22(11-12-23(20)21)28-15-13-26-14-16-29-25-10-5-4-9-24(25)26/h4-12,18-19H,3,13-17H2,1-2H3. The molecule has 1 aliphatic heterocycles. The molecule has 0 aromatic heterocycles. The van der Waals surface area contributed by atoms with Gasteiger partial charge in [-0.2, -0.15) is 0 Å². The van der Waals surface area contributed by atoms with Gasteiger partial charge in [0, 0.05) is 23.8 Å². The summed E-state index contributed by atoms with van der Waals surface area (Å²) in [6.07, 6.45) is 1.16. The molecule has 1 heterocycles. The van der Waals surface area contributed by atoms with Crippen molar-refractivity contribution in [3.8, 4) is 5.75 Å². The number of ether oxygens (including phenoxy) is 2. The normalized spacial score (nSPS) is 14.6. The lowest BCUT2D eigenvalue weighted by Gasteiger charge is -2.30. The maximum Gasteiger partial charge on any atom is 0.120 e. The maximum atomic E-state index is 6.12. The Hall–Kier alpha value is -2.17. The Kier molecular flexibility index (Phi) is 6.63. The van der Waals surface area contributed by atoms with Crippen molar-refractivity contribution >= 4 is 28.2 Å². The lowest BCUT2D eigenvalue weighted by Crippen LogP contribution is -2.33.